The van der Waals surface area contributed by atoms with Crippen molar-refractivity contribution in [3.8, 4) is 6.07 Å². The lowest BCUT2D eigenvalue weighted by Crippen LogP contribution is -2.44. The highest BCUT2D eigenvalue weighted by Crippen LogP contribution is 2.51. The second-order valence-corrected chi connectivity index (χ2v) is 8.38. The maximum absolute atomic E-state index is 12.1. The van der Waals surface area contributed by atoms with Crippen LogP contribution < -0.4 is 10.5 Å². The van der Waals surface area contributed by atoms with E-state index >= 15 is 0 Å². The Bertz CT molecular complexity index is 958. The predicted molar refractivity (Wildman–Crippen MR) is 94.7 cm³/mol. The molecular weight excluding hydrogens is 300 g/mol. The summed E-state index contributed by atoms with van der Waals surface area (Å²) in [6.07, 6.45) is 2.13. The first-order chi connectivity index (χ1) is 11.2. The van der Waals surface area contributed by atoms with Gasteiger partial charge in [-0.3, -0.25) is 0 Å². The van der Waals surface area contributed by atoms with Gasteiger partial charge in [-0.1, -0.05) is 27.7 Å². The molecule has 0 radical (unpaired) electrons. The predicted octanol–water partition coefficient (Wildman–Crippen LogP) is 3.83. The monoisotopic (exact) mass is 322 g/mol. The topological polar surface area (TPSA) is 57.2 Å². The Morgan fingerprint density at radius 1 is 1.12 bits per heavy atom. The van der Waals surface area contributed by atoms with Crippen LogP contribution in [0.25, 0.3) is 11.0 Å². The number of anilines is 1. The van der Waals surface area contributed by atoms with E-state index in [1.165, 1.54) is 11.3 Å². The van der Waals surface area contributed by atoms with Crippen molar-refractivity contribution in [3.63, 3.8) is 0 Å². The van der Waals surface area contributed by atoms with Crippen LogP contribution in [0.3, 0.4) is 0 Å². The Morgan fingerprint density at radius 3 is 2.46 bits per heavy atom. The lowest BCUT2D eigenvalue weighted by atomic mass is 9.69. The van der Waals surface area contributed by atoms with Crippen LogP contribution in [0.1, 0.15) is 57.2 Å². The van der Waals surface area contributed by atoms with E-state index in [2.05, 4.69) is 38.7 Å². The lowest BCUT2D eigenvalue weighted by Gasteiger charge is -2.48. The summed E-state index contributed by atoms with van der Waals surface area (Å²) in [6.45, 7) is 11.1. The van der Waals surface area contributed by atoms with Gasteiger partial charge >= 0.3 is 5.63 Å². The molecule has 4 nitrogen and oxygen atoms in total. The number of benzene rings is 1. The Morgan fingerprint density at radius 2 is 1.79 bits per heavy atom. The summed E-state index contributed by atoms with van der Waals surface area (Å²) in [7, 11) is 0. The van der Waals surface area contributed by atoms with Crippen molar-refractivity contribution in [1.29, 1.82) is 5.26 Å². The average Bonchev–Trinajstić information content (AvgIpc) is 2.51. The quantitative estimate of drug-likeness (QED) is 0.692. The number of nitriles is 1. The van der Waals surface area contributed by atoms with Crippen molar-refractivity contribution in [3.05, 3.63) is 39.2 Å². The molecule has 0 amide bonds. The first kappa shape index (κ1) is 15.3. The van der Waals surface area contributed by atoms with Gasteiger partial charge in [-0.05, 0) is 41.4 Å². The van der Waals surface area contributed by atoms with Crippen LogP contribution >= 0.6 is 0 Å². The van der Waals surface area contributed by atoms with Crippen molar-refractivity contribution in [2.45, 2.75) is 51.4 Å². The van der Waals surface area contributed by atoms with Gasteiger partial charge in [0.25, 0.3) is 0 Å². The van der Waals surface area contributed by atoms with Gasteiger partial charge in [0.05, 0.1) is 0 Å². The third-order valence-corrected chi connectivity index (χ3v) is 5.85. The molecule has 0 saturated carbocycles. The summed E-state index contributed by atoms with van der Waals surface area (Å²) in [6, 6.07) is 5.78. The molecule has 24 heavy (non-hydrogen) atoms. The fourth-order valence-corrected chi connectivity index (χ4v) is 4.23. The molecule has 0 aliphatic carbocycles. The molecular formula is C20H22N2O2. The maximum atomic E-state index is 12.1. The minimum atomic E-state index is -0.538. The molecule has 4 rings (SSSR count). The van der Waals surface area contributed by atoms with Gasteiger partial charge in [0.1, 0.15) is 17.2 Å². The van der Waals surface area contributed by atoms with E-state index in [-0.39, 0.29) is 16.4 Å². The van der Waals surface area contributed by atoms with Gasteiger partial charge in [-0.25, -0.2) is 4.79 Å². The second kappa shape index (κ2) is 4.63. The smallest absolute Gasteiger partial charge is 0.354 e. The Hall–Kier alpha value is -2.28. The van der Waals surface area contributed by atoms with Crippen molar-refractivity contribution in [2.75, 3.05) is 18.0 Å². The third-order valence-electron chi connectivity index (χ3n) is 5.85. The molecule has 1 aromatic carbocycles. The average molecular weight is 322 g/mol. The van der Waals surface area contributed by atoms with E-state index in [1.54, 1.807) is 6.07 Å². The first-order valence-corrected chi connectivity index (χ1v) is 8.55. The molecule has 0 unspecified atom stereocenters. The van der Waals surface area contributed by atoms with Crippen molar-refractivity contribution in [2.24, 2.45) is 0 Å². The molecule has 3 heterocycles. The number of hydrogen-bond acceptors (Lipinski definition) is 4. The van der Waals surface area contributed by atoms with E-state index in [9.17, 15) is 10.1 Å². The molecule has 124 valence electrons. The maximum Gasteiger partial charge on any atom is 0.354 e. The summed E-state index contributed by atoms with van der Waals surface area (Å²) in [5, 5.41) is 10.0. The van der Waals surface area contributed by atoms with E-state index in [0.717, 1.165) is 36.9 Å². The highest BCUT2D eigenvalue weighted by molar-refractivity contribution is 5.91. The molecule has 0 bridgehead atoms. The fraction of sp³-hybridized carbons (Fsp3) is 0.500. The SMILES string of the molecule is CC1(C)CCN2CCC(C)(C)c3c2c1cc1cc(C#N)c(=O)oc31. The number of hydrogen-bond donors (Lipinski definition) is 0. The molecule has 1 aromatic heterocycles. The highest BCUT2D eigenvalue weighted by Gasteiger charge is 2.41. The summed E-state index contributed by atoms with van der Waals surface area (Å²) in [5.74, 6) is 0. The van der Waals surface area contributed by atoms with Crippen molar-refractivity contribution >= 4 is 16.7 Å². The number of nitrogens with zero attached hydrogens (tertiary/aromatic N) is 2. The van der Waals surface area contributed by atoms with Gasteiger partial charge in [-0.15, -0.1) is 0 Å². The van der Waals surface area contributed by atoms with Crippen LogP contribution in [-0.2, 0) is 10.8 Å². The molecule has 0 atom stereocenters. The van der Waals surface area contributed by atoms with Crippen LogP contribution in [0, 0.1) is 11.3 Å². The Balaban J connectivity index is 2.20. The number of rotatable bonds is 0. The summed E-state index contributed by atoms with van der Waals surface area (Å²) >= 11 is 0. The summed E-state index contributed by atoms with van der Waals surface area (Å²) < 4.78 is 5.65. The molecule has 0 spiro atoms. The van der Waals surface area contributed by atoms with Crippen LogP contribution in [0.4, 0.5) is 5.69 Å². The van der Waals surface area contributed by atoms with Crippen molar-refractivity contribution < 1.29 is 4.42 Å². The minimum absolute atomic E-state index is 0.0579. The van der Waals surface area contributed by atoms with Gasteiger partial charge < -0.3 is 9.32 Å². The molecule has 2 aromatic rings. The summed E-state index contributed by atoms with van der Waals surface area (Å²) in [5.41, 5.74) is 3.91. The van der Waals surface area contributed by atoms with Crippen LogP contribution in [0.15, 0.2) is 21.3 Å². The van der Waals surface area contributed by atoms with Crippen LogP contribution in [0.5, 0.6) is 0 Å². The zero-order valence-corrected chi connectivity index (χ0v) is 14.7. The lowest BCUT2D eigenvalue weighted by molar-refractivity contribution is 0.398. The standard InChI is InChI=1S/C20H22N2O2/c1-19(2)5-7-22-8-6-20(3,4)15-16(22)14(19)10-12-9-13(11-21)18(23)24-17(12)15/h9-10H,5-8H2,1-4H3. The third kappa shape index (κ3) is 1.94. The van der Waals surface area contributed by atoms with E-state index in [1.807, 2.05) is 6.07 Å². The molecule has 0 N–H and O–H groups in total. The van der Waals surface area contributed by atoms with E-state index < -0.39 is 5.63 Å². The second-order valence-electron chi connectivity index (χ2n) is 8.38. The highest BCUT2D eigenvalue weighted by atomic mass is 16.4. The zero-order valence-electron chi connectivity index (χ0n) is 14.7. The van der Waals surface area contributed by atoms with Gasteiger partial charge in [0, 0.05) is 29.7 Å². The zero-order chi connectivity index (χ0) is 17.3. The van der Waals surface area contributed by atoms with E-state index in [4.69, 9.17) is 4.42 Å². The molecule has 0 fully saturated rings. The van der Waals surface area contributed by atoms with Crippen LogP contribution in [-0.4, -0.2) is 13.1 Å². The normalized spacial score (nSPS) is 20.5. The van der Waals surface area contributed by atoms with Gasteiger partial charge in [0.15, 0.2) is 0 Å². The molecule has 4 heteroatoms. The van der Waals surface area contributed by atoms with Crippen LogP contribution in [0.2, 0.25) is 0 Å². The fourth-order valence-electron chi connectivity index (χ4n) is 4.23. The largest absolute Gasteiger partial charge is 0.421 e. The molecule has 2 aliphatic rings. The Kier molecular flexibility index (Phi) is 2.94. The Labute approximate surface area is 141 Å². The summed E-state index contributed by atoms with van der Waals surface area (Å²) in [4.78, 5) is 14.6. The minimum Gasteiger partial charge on any atom is -0.421 e. The van der Waals surface area contributed by atoms with E-state index in [0.29, 0.717) is 5.58 Å². The van der Waals surface area contributed by atoms with Gasteiger partial charge in [-0.2, -0.15) is 5.26 Å². The van der Waals surface area contributed by atoms with Gasteiger partial charge in [0.2, 0.25) is 0 Å². The first-order valence-electron chi connectivity index (χ1n) is 8.55. The molecule has 2 aliphatic heterocycles. The van der Waals surface area contributed by atoms with Crippen molar-refractivity contribution in [1.82, 2.24) is 0 Å². The number of fused-ring (bicyclic) bond motifs is 2. The molecule has 0 saturated heterocycles.